The van der Waals surface area contributed by atoms with E-state index in [2.05, 4.69) is 27.1 Å². The van der Waals surface area contributed by atoms with Crippen molar-refractivity contribution in [2.45, 2.75) is 19.8 Å². The van der Waals surface area contributed by atoms with Crippen molar-refractivity contribution >= 4 is 17.0 Å². The van der Waals surface area contributed by atoms with E-state index < -0.39 is 0 Å². The molecule has 0 saturated carbocycles. The number of benzene rings is 1. The summed E-state index contributed by atoms with van der Waals surface area (Å²) in [4.78, 5) is 11.6. The van der Waals surface area contributed by atoms with E-state index in [0.29, 0.717) is 5.95 Å². The van der Waals surface area contributed by atoms with Gasteiger partial charge in [-0.2, -0.15) is 4.98 Å². The topological polar surface area (TPSA) is 76.8 Å². The van der Waals surface area contributed by atoms with E-state index in [-0.39, 0.29) is 0 Å². The molecule has 0 aliphatic heterocycles. The van der Waals surface area contributed by atoms with Crippen molar-refractivity contribution in [3.63, 3.8) is 0 Å². The van der Waals surface area contributed by atoms with Crippen molar-refractivity contribution in [3.05, 3.63) is 47.3 Å². The van der Waals surface area contributed by atoms with Gasteiger partial charge in [0.2, 0.25) is 5.95 Å². The van der Waals surface area contributed by atoms with Crippen LogP contribution in [0.25, 0.3) is 11.0 Å². The van der Waals surface area contributed by atoms with Crippen LogP contribution >= 0.6 is 0 Å². The molecule has 0 bridgehead atoms. The fraction of sp³-hybridized carbons (Fsp3) is 0.250. The van der Waals surface area contributed by atoms with Crippen LogP contribution in [0.1, 0.15) is 16.8 Å². The van der Waals surface area contributed by atoms with E-state index in [1.54, 1.807) is 7.11 Å². The summed E-state index contributed by atoms with van der Waals surface area (Å²) >= 11 is 0. The molecule has 0 fully saturated rings. The maximum absolute atomic E-state index is 5.67. The van der Waals surface area contributed by atoms with Gasteiger partial charge in [0.05, 0.1) is 12.8 Å². The second-order valence-electron chi connectivity index (χ2n) is 5.06. The summed E-state index contributed by atoms with van der Waals surface area (Å²) in [5.41, 5.74) is 9.86. The van der Waals surface area contributed by atoms with Gasteiger partial charge in [0.15, 0.2) is 0 Å². The summed E-state index contributed by atoms with van der Waals surface area (Å²) in [6.07, 6.45) is 3.85. The molecule has 0 saturated heterocycles. The molecule has 21 heavy (non-hydrogen) atoms. The van der Waals surface area contributed by atoms with Crippen LogP contribution in [0.3, 0.4) is 0 Å². The van der Waals surface area contributed by atoms with Crippen molar-refractivity contribution in [1.82, 2.24) is 15.0 Å². The third-order valence-corrected chi connectivity index (χ3v) is 3.63. The number of nitrogens with one attached hydrogen (secondary N) is 1. The monoisotopic (exact) mass is 282 g/mol. The Balaban J connectivity index is 1.85. The molecule has 2 heterocycles. The number of aromatic nitrogens is 3. The highest BCUT2D eigenvalue weighted by Gasteiger charge is 2.10. The highest BCUT2D eigenvalue weighted by atomic mass is 16.5. The second-order valence-corrected chi connectivity index (χ2v) is 5.06. The van der Waals surface area contributed by atoms with Crippen molar-refractivity contribution in [3.8, 4) is 5.75 Å². The zero-order valence-electron chi connectivity index (χ0n) is 12.2. The van der Waals surface area contributed by atoms with Gasteiger partial charge in [-0.3, -0.25) is 0 Å². The standard InChI is InChI=1S/C16H18N4O/c1-10-14-12(9-18-15(14)20-16(17)19-10)7-6-11-4-3-5-13(8-11)21-2/h3-5,8-9H,6-7H2,1-2H3,(H3,17,18,19,20). The summed E-state index contributed by atoms with van der Waals surface area (Å²) in [6, 6.07) is 8.14. The fourth-order valence-electron chi connectivity index (χ4n) is 2.62. The van der Waals surface area contributed by atoms with Gasteiger partial charge in [0.25, 0.3) is 0 Å². The first-order valence-electron chi connectivity index (χ1n) is 6.90. The Morgan fingerprint density at radius 2 is 2.10 bits per heavy atom. The molecule has 0 aliphatic carbocycles. The summed E-state index contributed by atoms with van der Waals surface area (Å²) < 4.78 is 5.25. The van der Waals surface area contributed by atoms with Crippen molar-refractivity contribution in [2.75, 3.05) is 12.8 Å². The van der Waals surface area contributed by atoms with Crippen molar-refractivity contribution in [1.29, 1.82) is 0 Å². The number of H-pyrrole nitrogens is 1. The molecular formula is C16H18N4O. The summed E-state index contributed by atoms with van der Waals surface area (Å²) in [5, 5.41) is 1.08. The largest absolute Gasteiger partial charge is 0.497 e. The zero-order valence-corrected chi connectivity index (χ0v) is 12.2. The molecule has 0 radical (unpaired) electrons. The molecule has 108 valence electrons. The van der Waals surface area contributed by atoms with E-state index in [1.165, 1.54) is 11.1 Å². The molecule has 1 aromatic carbocycles. The number of fused-ring (bicyclic) bond motifs is 1. The number of aromatic amines is 1. The number of ether oxygens (including phenoxy) is 1. The molecule has 5 nitrogen and oxygen atoms in total. The lowest BCUT2D eigenvalue weighted by atomic mass is 10.0. The minimum absolute atomic E-state index is 0.307. The van der Waals surface area contributed by atoms with Crippen molar-refractivity contribution in [2.24, 2.45) is 0 Å². The number of hydrogen-bond acceptors (Lipinski definition) is 4. The lowest BCUT2D eigenvalue weighted by Crippen LogP contribution is -1.98. The minimum Gasteiger partial charge on any atom is -0.497 e. The zero-order chi connectivity index (χ0) is 14.8. The van der Waals surface area contributed by atoms with Crippen LogP contribution in [-0.4, -0.2) is 22.1 Å². The molecule has 3 rings (SSSR count). The molecule has 0 spiro atoms. The molecule has 3 N–H and O–H groups in total. The smallest absolute Gasteiger partial charge is 0.222 e. The van der Waals surface area contributed by atoms with Crippen molar-refractivity contribution < 1.29 is 4.74 Å². The number of anilines is 1. The average molecular weight is 282 g/mol. The molecule has 2 aromatic heterocycles. The quantitative estimate of drug-likeness (QED) is 0.771. The number of aryl methyl sites for hydroxylation is 3. The number of nitrogen functional groups attached to an aromatic ring is 1. The SMILES string of the molecule is COc1cccc(CCc2c[nH]c3nc(N)nc(C)c23)c1. The highest BCUT2D eigenvalue weighted by molar-refractivity contribution is 5.82. The number of nitrogens with two attached hydrogens (primary N) is 1. The molecule has 0 unspecified atom stereocenters. The number of methoxy groups -OCH3 is 1. The normalized spacial score (nSPS) is 11.0. The molecule has 3 aromatic rings. The Kier molecular flexibility index (Phi) is 3.48. The van der Waals surface area contributed by atoms with Crippen LogP contribution in [-0.2, 0) is 12.8 Å². The van der Waals surface area contributed by atoms with Crippen LogP contribution in [0.4, 0.5) is 5.95 Å². The third kappa shape index (κ3) is 2.67. The van der Waals surface area contributed by atoms with Gasteiger partial charge in [0, 0.05) is 11.6 Å². The van der Waals surface area contributed by atoms with E-state index >= 15 is 0 Å². The number of nitrogens with zero attached hydrogens (tertiary/aromatic N) is 2. The second kappa shape index (κ2) is 5.44. The van der Waals surface area contributed by atoms with Crippen LogP contribution in [0.2, 0.25) is 0 Å². The average Bonchev–Trinajstić information content (AvgIpc) is 2.88. The number of hydrogen-bond donors (Lipinski definition) is 2. The lowest BCUT2D eigenvalue weighted by Gasteiger charge is -2.05. The Hall–Kier alpha value is -2.56. The first kappa shape index (κ1) is 13.4. The Morgan fingerprint density at radius 1 is 1.24 bits per heavy atom. The first-order chi connectivity index (χ1) is 10.2. The van der Waals surface area contributed by atoms with Gasteiger partial charge in [-0.05, 0) is 43.0 Å². The van der Waals surface area contributed by atoms with Crippen LogP contribution in [0.15, 0.2) is 30.5 Å². The molecule has 5 heteroatoms. The Morgan fingerprint density at radius 3 is 2.90 bits per heavy atom. The van der Waals surface area contributed by atoms with Crippen LogP contribution < -0.4 is 10.5 Å². The first-order valence-corrected chi connectivity index (χ1v) is 6.90. The maximum atomic E-state index is 5.67. The van der Waals surface area contributed by atoms with Gasteiger partial charge in [-0.25, -0.2) is 4.98 Å². The maximum Gasteiger partial charge on any atom is 0.222 e. The van der Waals surface area contributed by atoms with Gasteiger partial charge in [-0.15, -0.1) is 0 Å². The predicted molar refractivity (Wildman–Crippen MR) is 83.4 cm³/mol. The third-order valence-electron chi connectivity index (χ3n) is 3.63. The van der Waals surface area contributed by atoms with E-state index in [0.717, 1.165) is 35.3 Å². The summed E-state index contributed by atoms with van der Waals surface area (Å²) in [7, 11) is 1.68. The van der Waals surface area contributed by atoms with Crippen LogP contribution in [0.5, 0.6) is 5.75 Å². The Labute approximate surface area is 123 Å². The highest BCUT2D eigenvalue weighted by Crippen LogP contribution is 2.22. The van der Waals surface area contributed by atoms with Gasteiger partial charge in [0.1, 0.15) is 11.4 Å². The van der Waals surface area contributed by atoms with Gasteiger partial charge < -0.3 is 15.5 Å². The summed E-state index contributed by atoms with van der Waals surface area (Å²) in [6.45, 7) is 1.96. The molecular weight excluding hydrogens is 264 g/mol. The molecule has 0 atom stereocenters. The summed E-state index contributed by atoms with van der Waals surface area (Å²) in [5.74, 6) is 1.19. The fourth-order valence-corrected chi connectivity index (χ4v) is 2.62. The molecule has 0 aliphatic rings. The lowest BCUT2D eigenvalue weighted by molar-refractivity contribution is 0.414. The van der Waals surface area contributed by atoms with Gasteiger partial charge in [-0.1, -0.05) is 12.1 Å². The Bertz CT molecular complexity index is 779. The predicted octanol–water partition coefficient (Wildman–Crippen LogP) is 2.64. The van der Waals surface area contributed by atoms with E-state index in [1.807, 2.05) is 25.3 Å². The van der Waals surface area contributed by atoms with Crippen LogP contribution in [0, 0.1) is 6.92 Å². The minimum atomic E-state index is 0.307. The molecule has 0 amide bonds. The van der Waals surface area contributed by atoms with E-state index in [4.69, 9.17) is 10.5 Å². The van der Waals surface area contributed by atoms with E-state index in [9.17, 15) is 0 Å². The van der Waals surface area contributed by atoms with Gasteiger partial charge >= 0.3 is 0 Å². The number of rotatable bonds is 4.